The molecule has 0 heterocycles. The molecule has 0 aliphatic heterocycles. The molecule has 0 fully saturated rings. The zero-order valence-electron chi connectivity index (χ0n) is 9.66. The van der Waals surface area contributed by atoms with Crippen LogP contribution in [-0.4, -0.2) is 38.9 Å². The molecule has 5 heteroatoms. The van der Waals surface area contributed by atoms with E-state index in [1.165, 1.54) is 14.0 Å². The Balaban J connectivity index is 4.42. The molecule has 0 saturated carbocycles. The topological polar surface area (TPSA) is 61.8 Å². The molecular weight excluding hydrogens is 200 g/mol. The van der Waals surface area contributed by atoms with Gasteiger partial charge >= 0.3 is 11.9 Å². The summed E-state index contributed by atoms with van der Waals surface area (Å²) in [5, 5.41) is 0. The van der Waals surface area contributed by atoms with Crippen molar-refractivity contribution < 1.29 is 23.8 Å². The van der Waals surface area contributed by atoms with Gasteiger partial charge < -0.3 is 14.2 Å². The number of hydrogen-bond acceptors (Lipinski definition) is 5. The Morgan fingerprint density at radius 2 is 1.80 bits per heavy atom. The van der Waals surface area contributed by atoms with Crippen LogP contribution in [0.1, 0.15) is 20.8 Å². The van der Waals surface area contributed by atoms with Gasteiger partial charge in [0.2, 0.25) is 0 Å². The van der Waals surface area contributed by atoms with Gasteiger partial charge in [-0.05, 0) is 13.8 Å². The van der Waals surface area contributed by atoms with Gasteiger partial charge in [-0.3, -0.25) is 9.59 Å². The van der Waals surface area contributed by atoms with E-state index in [9.17, 15) is 9.59 Å². The molecule has 0 aromatic heterocycles. The van der Waals surface area contributed by atoms with Gasteiger partial charge in [-0.1, -0.05) is 0 Å². The maximum absolute atomic E-state index is 11.6. The first-order valence-electron chi connectivity index (χ1n) is 4.75. The number of esters is 2. The standard InChI is InChI=1S/C10H18O5/c1-5-14-9(12)10(3,6-13-4)7-15-8(2)11/h5-7H2,1-4H3. The molecule has 5 nitrogen and oxygen atoms in total. The van der Waals surface area contributed by atoms with Gasteiger partial charge in [0.1, 0.15) is 12.0 Å². The van der Waals surface area contributed by atoms with E-state index in [1.54, 1.807) is 13.8 Å². The lowest BCUT2D eigenvalue weighted by Gasteiger charge is -2.25. The number of ether oxygens (including phenoxy) is 3. The van der Waals surface area contributed by atoms with Crippen LogP contribution in [0.3, 0.4) is 0 Å². The van der Waals surface area contributed by atoms with Gasteiger partial charge in [0.15, 0.2) is 0 Å². The third-order valence-corrected chi connectivity index (χ3v) is 1.83. The predicted molar refractivity (Wildman–Crippen MR) is 53.2 cm³/mol. The SMILES string of the molecule is CCOC(=O)C(C)(COC)COC(C)=O. The second kappa shape index (κ2) is 6.40. The quantitative estimate of drug-likeness (QED) is 0.616. The maximum atomic E-state index is 11.6. The number of carbonyl (C=O) groups excluding carboxylic acids is 2. The predicted octanol–water partition coefficient (Wildman–Crippen LogP) is 0.765. The second-order valence-electron chi connectivity index (χ2n) is 3.49. The maximum Gasteiger partial charge on any atom is 0.317 e. The minimum atomic E-state index is -0.934. The van der Waals surface area contributed by atoms with Crippen LogP contribution < -0.4 is 0 Å². The van der Waals surface area contributed by atoms with Crippen molar-refractivity contribution in [1.82, 2.24) is 0 Å². The van der Waals surface area contributed by atoms with E-state index in [-0.39, 0.29) is 19.8 Å². The summed E-state index contributed by atoms with van der Waals surface area (Å²) in [7, 11) is 1.48. The molecule has 0 N–H and O–H groups in total. The summed E-state index contributed by atoms with van der Waals surface area (Å²) in [4.78, 5) is 22.2. The molecule has 15 heavy (non-hydrogen) atoms. The van der Waals surface area contributed by atoms with Crippen molar-refractivity contribution in [2.45, 2.75) is 20.8 Å². The number of methoxy groups -OCH3 is 1. The van der Waals surface area contributed by atoms with E-state index in [2.05, 4.69) is 0 Å². The zero-order chi connectivity index (χ0) is 11.9. The first kappa shape index (κ1) is 13.9. The van der Waals surface area contributed by atoms with Crippen LogP contribution in [0.2, 0.25) is 0 Å². The van der Waals surface area contributed by atoms with E-state index >= 15 is 0 Å². The van der Waals surface area contributed by atoms with E-state index < -0.39 is 17.4 Å². The molecule has 0 bridgehead atoms. The van der Waals surface area contributed by atoms with Crippen LogP contribution in [0, 0.1) is 5.41 Å². The van der Waals surface area contributed by atoms with Crippen molar-refractivity contribution in [3.63, 3.8) is 0 Å². The highest BCUT2D eigenvalue weighted by Crippen LogP contribution is 2.19. The third kappa shape index (κ3) is 4.78. The van der Waals surface area contributed by atoms with Crippen LogP contribution in [0.15, 0.2) is 0 Å². The largest absolute Gasteiger partial charge is 0.465 e. The third-order valence-electron chi connectivity index (χ3n) is 1.83. The summed E-state index contributed by atoms with van der Waals surface area (Å²) in [6.45, 7) is 5.05. The van der Waals surface area contributed by atoms with Gasteiger partial charge in [-0.2, -0.15) is 0 Å². The second-order valence-corrected chi connectivity index (χ2v) is 3.49. The highest BCUT2D eigenvalue weighted by atomic mass is 16.6. The molecular formula is C10H18O5. The fourth-order valence-corrected chi connectivity index (χ4v) is 1.04. The molecule has 1 atom stereocenters. The first-order valence-corrected chi connectivity index (χ1v) is 4.75. The Bertz CT molecular complexity index is 226. The van der Waals surface area contributed by atoms with Crippen molar-refractivity contribution in [2.75, 3.05) is 26.9 Å². The Hall–Kier alpha value is -1.10. The number of hydrogen-bond donors (Lipinski definition) is 0. The Kier molecular flexibility index (Phi) is 5.93. The molecule has 0 aromatic carbocycles. The van der Waals surface area contributed by atoms with Crippen molar-refractivity contribution in [3.8, 4) is 0 Å². The summed E-state index contributed by atoms with van der Waals surface area (Å²) in [5.41, 5.74) is -0.934. The molecule has 0 rings (SSSR count). The van der Waals surface area contributed by atoms with Crippen molar-refractivity contribution in [1.29, 1.82) is 0 Å². The van der Waals surface area contributed by atoms with E-state index in [4.69, 9.17) is 14.2 Å². The summed E-state index contributed by atoms with van der Waals surface area (Å²) in [6.07, 6.45) is 0. The minimum Gasteiger partial charge on any atom is -0.465 e. The van der Waals surface area contributed by atoms with E-state index in [0.717, 1.165) is 0 Å². The van der Waals surface area contributed by atoms with Crippen molar-refractivity contribution >= 4 is 11.9 Å². The fraction of sp³-hybridized carbons (Fsp3) is 0.800. The lowest BCUT2D eigenvalue weighted by molar-refractivity contribution is -0.165. The summed E-state index contributed by atoms with van der Waals surface area (Å²) in [5.74, 6) is -0.852. The van der Waals surface area contributed by atoms with Crippen LogP contribution in [0.5, 0.6) is 0 Å². The molecule has 88 valence electrons. The summed E-state index contributed by atoms with van der Waals surface area (Å²) < 4.78 is 14.6. The Morgan fingerprint density at radius 3 is 2.20 bits per heavy atom. The first-order chi connectivity index (χ1) is 6.96. The van der Waals surface area contributed by atoms with Gasteiger partial charge in [0.25, 0.3) is 0 Å². The number of carbonyl (C=O) groups is 2. The Labute approximate surface area is 89.7 Å². The fourth-order valence-electron chi connectivity index (χ4n) is 1.04. The van der Waals surface area contributed by atoms with Crippen LogP contribution >= 0.6 is 0 Å². The summed E-state index contributed by atoms with van der Waals surface area (Å²) >= 11 is 0. The lowest BCUT2D eigenvalue weighted by Crippen LogP contribution is -2.39. The van der Waals surface area contributed by atoms with Crippen LogP contribution in [0.25, 0.3) is 0 Å². The van der Waals surface area contributed by atoms with E-state index in [0.29, 0.717) is 0 Å². The monoisotopic (exact) mass is 218 g/mol. The van der Waals surface area contributed by atoms with Crippen molar-refractivity contribution in [3.05, 3.63) is 0 Å². The van der Waals surface area contributed by atoms with Gasteiger partial charge in [-0.15, -0.1) is 0 Å². The molecule has 0 aliphatic rings. The number of rotatable bonds is 6. The molecule has 0 saturated heterocycles. The molecule has 0 spiro atoms. The van der Waals surface area contributed by atoms with Gasteiger partial charge in [-0.25, -0.2) is 0 Å². The minimum absolute atomic E-state index is 0.0327. The van der Waals surface area contributed by atoms with Gasteiger partial charge in [0, 0.05) is 14.0 Å². The average Bonchev–Trinajstić information content (AvgIpc) is 2.15. The highest BCUT2D eigenvalue weighted by Gasteiger charge is 2.36. The highest BCUT2D eigenvalue weighted by molar-refractivity contribution is 5.77. The normalized spacial score (nSPS) is 14.1. The molecule has 0 aliphatic carbocycles. The molecule has 0 radical (unpaired) electrons. The Morgan fingerprint density at radius 1 is 1.20 bits per heavy atom. The van der Waals surface area contributed by atoms with Crippen LogP contribution in [0.4, 0.5) is 0 Å². The summed E-state index contributed by atoms with van der Waals surface area (Å²) in [6, 6.07) is 0. The molecule has 1 unspecified atom stereocenters. The average molecular weight is 218 g/mol. The molecule has 0 amide bonds. The van der Waals surface area contributed by atoms with Crippen molar-refractivity contribution in [2.24, 2.45) is 5.41 Å². The van der Waals surface area contributed by atoms with Gasteiger partial charge in [0.05, 0.1) is 13.2 Å². The van der Waals surface area contributed by atoms with E-state index in [1.807, 2.05) is 0 Å². The molecule has 0 aromatic rings. The van der Waals surface area contributed by atoms with Crippen LogP contribution in [-0.2, 0) is 23.8 Å². The smallest absolute Gasteiger partial charge is 0.317 e. The zero-order valence-corrected chi connectivity index (χ0v) is 9.66. The lowest BCUT2D eigenvalue weighted by atomic mass is 9.93.